The smallest absolute Gasteiger partial charge is 0.377 e. The molecule has 0 amide bonds. The monoisotopic (exact) mass is 290 g/mol. The molecule has 1 heterocycles. The van der Waals surface area contributed by atoms with Gasteiger partial charge in [0.25, 0.3) is 0 Å². The largest absolute Gasteiger partial charge is 0.502 e. The van der Waals surface area contributed by atoms with Gasteiger partial charge in [0, 0.05) is 26.9 Å². The van der Waals surface area contributed by atoms with Crippen molar-refractivity contribution in [1.29, 1.82) is 0 Å². The molecule has 0 radical (unpaired) electrons. The van der Waals surface area contributed by atoms with E-state index in [2.05, 4.69) is 0 Å². The molecule has 1 aliphatic carbocycles. The molecule has 2 fully saturated rings. The van der Waals surface area contributed by atoms with Crippen LogP contribution in [0.4, 0.5) is 0 Å². The van der Waals surface area contributed by atoms with Crippen molar-refractivity contribution in [3.8, 4) is 0 Å². The average molecular weight is 290 g/mol. The van der Waals surface area contributed by atoms with Crippen LogP contribution in [0.5, 0.6) is 0 Å². The van der Waals surface area contributed by atoms with Crippen LogP contribution in [0.15, 0.2) is 0 Å². The second kappa shape index (κ2) is 6.65. The van der Waals surface area contributed by atoms with Gasteiger partial charge in [-0.15, -0.1) is 0 Å². The number of ether oxygens (including phenoxy) is 2. The predicted octanol–water partition coefficient (Wildman–Crippen LogP) is 2.33. The molecule has 112 valence electrons. The van der Waals surface area contributed by atoms with Crippen LogP contribution < -0.4 is 0 Å². The third-order valence-corrected chi connectivity index (χ3v) is 6.93. The minimum Gasteiger partial charge on any atom is -0.377 e. The Labute approximate surface area is 116 Å². The molecule has 6 heteroatoms. The Morgan fingerprint density at radius 3 is 2.68 bits per heavy atom. The van der Waals surface area contributed by atoms with Crippen molar-refractivity contribution in [3.63, 3.8) is 0 Å². The first-order valence-electron chi connectivity index (χ1n) is 7.20. The first-order chi connectivity index (χ1) is 9.20. The zero-order valence-corrected chi connectivity index (χ0v) is 13.3. The molecule has 1 saturated heterocycles. The molecular formula is C13H26O5Si. The molecule has 2 aliphatic rings. The van der Waals surface area contributed by atoms with Crippen LogP contribution in [0.3, 0.4) is 0 Å². The second-order valence-electron chi connectivity index (χ2n) is 5.26. The SMILES string of the molecule is CCOCO[Si](CCC12CCCCC1O2)(OC)OC. The Morgan fingerprint density at radius 1 is 1.26 bits per heavy atom. The molecule has 0 N–H and O–H groups in total. The van der Waals surface area contributed by atoms with Crippen LogP contribution in [-0.2, 0) is 22.8 Å². The Morgan fingerprint density at radius 2 is 2.05 bits per heavy atom. The van der Waals surface area contributed by atoms with Gasteiger partial charge < -0.3 is 22.8 Å². The Kier molecular flexibility index (Phi) is 5.39. The first kappa shape index (κ1) is 15.4. The molecule has 0 spiro atoms. The van der Waals surface area contributed by atoms with E-state index in [1.54, 1.807) is 14.2 Å². The van der Waals surface area contributed by atoms with Gasteiger partial charge in [-0.2, -0.15) is 0 Å². The molecule has 5 nitrogen and oxygen atoms in total. The summed E-state index contributed by atoms with van der Waals surface area (Å²) in [7, 11) is 0.726. The summed E-state index contributed by atoms with van der Waals surface area (Å²) in [6.45, 7) is 2.81. The van der Waals surface area contributed by atoms with Gasteiger partial charge >= 0.3 is 8.80 Å². The topological polar surface area (TPSA) is 49.5 Å². The van der Waals surface area contributed by atoms with E-state index in [0.29, 0.717) is 12.7 Å². The lowest BCUT2D eigenvalue weighted by Gasteiger charge is -2.28. The van der Waals surface area contributed by atoms with E-state index in [-0.39, 0.29) is 12.4 Å². The van der Waals surface area contributed by atoms with Crippen molar-refractivity contribution < 1.29 is 22.8 Å². The normalized spacial score (nSPS) is 30.2. The molecule has 0 aromatic heterocycles. The maximum Gasteiger partial charge on any atom is 0.502 e. The molecular weight excluding hydrogens is 264 g/mol. The number of fused-ring (bicyclic) bond motifs is 1. The Balaban J connectivity index is 1.82. The molecule has 2 atom stereocenters. The van der Waals surface area contributed by atoms with Gasteiger partial charge in [-0.05, 0) is 26.2 Å². The lowest BCUT2D eigenvalue weighted by Crippen LogP contribution is -2.45. The molecule has 0 aromatic rings. The summed E-state index contributed by atoms with van der Waals surface area (Å²) in [6, 6.07) is 0.795. The minimum atomic E-state index is -2.59. The van der Waals surface area contributed by atoms with Crippen molar-refractivity contribution in [2.24, 2.45) is 0 Å². The predicted molar refractivity (Wildman–Crippen MR) is 72.8 cm³/mol. The van der Waals surface area contributed by atoms with Crippen LogP contribution in [0.1, 0.15) is 39.0 Å². The van der Waals surface area contributed by atoms with Gasteiger partial charge in [0.15, 0.2) is 0 Å². The summed E-state index contributed by atoms with van der Waals surface area (Å²) >= 11 is 0. The van der Waals surface area contributed by atoms with Crippen molar-refractivity contribution >= 4 is 8.80 Å². The molecule has 2 unspecified atom stereocenters. The molecule has 2 rings (SSSR count). The average Bonchev–Trinajstić information content (AvgIpc) is 3.18. The fourth-order valence-corrected chi connectivity index (χ4v) is 4.89. The second-order valence-corrected chi connectivity index (χ2v) is 8.23. The van der Waals surface area contributed by atoms with Crippen LogP contribution in [0.25, 0.3) is 0 Å². The van der Waals surface area contributed by atoms with Crippen LogP contribution in [-0.4, -0.2) is 48.1 Å². The Hall–Kier alpha value is 0.0169. The van der Waals surface area contributed by atoms with E-state index in [9.17, 15) is 0 Å². The highest BCUT2D eigenvalue weighted by Gasteiger charge is 2.58. The lowest BCUT2D eigenvalue weighted by atomic mass is 9.87. The van der Waals surface area contributed by atoms with Crippen LogP contribution >= 0.6 is 0 Å². The zero-order valence-electron chi connectivity index (χ0n) is 12.3. The van der Waals surface area contributed by atoms with Gasteiger partial charge in [-0.3, -0.25) is 0 Å². The highest BCUT2D eigenvalue weighted by atomic mass is 28.4. The molecule has 0 aromatic carbocycles. The fourth-order valence-electron chi connectivity index (χ4n) is 2.95. The summed E-state index contributed by atoms with van der Waals surface area (Å²) in [6.07, 6.45) is 6.37. The van der Waals surface area contributed by atoms with Gasteiger partial charge in [-0.25, -0.2) is 0 Å². The van der Waals surface area contributed by atoms with Gasteiger partial charge in [0.05, 0.1) is 11.7 Å². The zero-order chi connectivity index (χ0) is 13.8. The summed E-state index contributed by atoms with van der Waals surface area (Å²) in [5, 5.41) is 0. The fraction of sp³-hybridized carbons (Fsp3) is 1.00. The van der Waals surface area contributed by atoms with Gasteiger partial charge in [0.2, 0.25) is 0 Å². The summed E-state index contributed by atoms with van der Waals surface area (Å²) in [4.78, 5) is 0. The van der Waals surface area contributed by atoms with Crippen LogP contribution in [0, 0.1) is 0 Å². The van der Waals surface area contributed by atoms with Crippen molar-refractivity contribution in [1.82, 2.24) is 0 Å². The van der Waals surface area contributed by atoms with Crippen LogP contribution in [0.2, 0.25) is 6.04 Å². The lowest BCUT2D eigenvalue weighted by molar-refractivity contribution is -0.0291. The van der Waals surface area contributed by atoms with E-state index in [4.69, 9.17) is 22.8 Å². The Bertz CT molecular complexity index is 284. The molecule has 0 bridgehead atoms. The molecule has 19 heavy (non-hydrogen) atoms. The van der Waals surface area contributed by atoms with Gasteiger partial charge in [-0.1, -0.05) is 12.8 Å². The molecule has 1 aliphatic heterocycles. The maximum absolute atomic E-state index is 5.90. The van der Waals surface area contributed by atoms with Crippen molar-refractivity contribution in [2.45, 2.75) is 56.8 Å². The van der Waals surface area contributed by atoms with E-state index in [1.807, 2.05) is 6.92 Å². The molecule has 1 saturated carbocycles. The highest BCUT2D eigenvalue weighted by Crippen LogP contribution is 2.51. The van der Waals surface area contributed by atoms with E-state index in [0.717, 1.165) is 12.5 Å². The van der Waals surface area contributed by atoms with E-state index < -0.39 is 8.80 Å². The highest BCUT2D eigenvalue weighted by molar-refractivity contribution is 6.60. The number of epoxide rings is 1. The van der Waals surface area contributed by atoms with Crippen molar-refractivity contribution in [2.75, 3.05) is 27.6 Å². The van der Waals surface area contributed by atoms with Crippen molar-refractivity contribution in [3.05, 3.63) is 0 Å². The first-order valence-corrected chi connectivity index (χ1v) is 9.13. The maximum atomic E-state index is 5.90. The quantitative estimate of drug-likeness (QED) is 0.282. The third-order valence-electron chi connectivity index (χ3n) is 4.27. The van der Waals surface area contributed by atoms with E-state index >= 15 is 0 Å². The standard InChI is InChI=1S/C13H26O5Si/c1-4-16-11-17-19(14-2,15-3)10-9-13-8-6-5-7-12(13)18-13/h12H,4-11H2,1-3H3. The number of rotatable bonds is 9. The number of hydrogen-bond acceptors (Lipinski definition) is 5. The third kappa shape index (κ3) is 3.56. The minimum absolute atomic E-state index is 0.0997. The van der Waals surface area contributed by atoms with E-state index in [1.165, 1.54) is 25.7 Å². The van der Waals surface area contributed by atoms with Gasteiger partial charge in [0.1, 0.15) is 6.79 Å². The summed E-state index contributed by atoms with van der Waals surface area (Å²) < 4.78 is 28.0. The number of hydrogen-bond donors (Lipinski definition) is 0. The summed E-state index contributed by atoms with van der Waals surface area (Å²) in [5.74, 6) is 0. The summed E-state index contributed by atoms with van der Waals surface area (Å²) in [5.41, 5.74) is 0.0997.